The van der Waals surface area contributed by atoms with Crippen LogP contribution < -0.4 is 4.18 Å². The molecule has 0 amide bonds. The first kappa shape index (κ1) is 8.80. The first-order chi connectivity index (χ1) is 7.43. The number of benzene rings is 1. The summed E-state index contributed by atoms with van der Waals surface area (Å²) in [5.74, 6) is 0.945. The Labute approximate surface area is 92.5 Å². The third-order valence-corrected chi connectivity index (χ3v) is 3.20. The third-order valence-electron chi connectivity index (χ3n) is 2.41. The van der Waals surface area contributed by atoms with E-state index >= 15 is 0 Å². The van der Waals surface area contributed by atoms with Gasteiger partial charge in [-0.15, -0.1) is 0 Å². The van der Waals surface area contributed by atoms with Gasteiger partial charge in [-0.25, -0.2) is 4.98 Å². The van der Waals surface area contributed by atoms with Crippen molar-refractivity contribution >= 4 is 12.0 Å². The van der Waals surface area contributed by atoms with Crippen molar-refractivity contribution in [1.82, 2.24) is 4.98 Å². The Morgan fingerprint density at radius 1 is 1.07 bits per heavy atom. The minimum atomic E-state index is 0.895. The highest BCUT2D eigenvalue weighted by Gasteiger charge is 2.14. The van der Waals surface area contributed by atoms with Gasteiger partial charge in [0.2, 0.25) is 0 Å². The molecule has 3 heteroatoms. The van der Waals surface area contributed by atoms with Crippen LogP contribution in [0.25, 0.3) is 0 Å². The third kappa shape index (κ3) is 1.59. The maximum absolute atomic E-state index is 5.63. The molecule has 0 atom stereocenters. The molecule has 1 aromatic heterocycles. The minimum absolute atomic E-state index is 0.895. The molecule has 0 aliphatic carbocycles. The van der Waals surface area contributed by atoms with E-state index < -0.39 is 0 Å². The normalized spacial score (nSPS) is 13.3. The topological polar surface area (TPSA) is 22.1 Å². The molecule has 0 saturated carbocycles. The van der Waals surface area contributed by atoms with E-state index in [1.807, 2.05) is 24.3 Å². The van der Waals surface area contributed by atoms with Gasteiger partial charge >= 0.3 is 0 Å². The molecule has 0 radical (unpaired) electrons. The lowest BCUT2D eigenvalue weighted by Crippen LogP contribution is -1.89. The van der Waals surface area contributed by atoms with E-state index in [4.69, 9.17) is 4.18 Å². The minimum Gasteiger partial charge on any atom is -0.419 e. The zero-order valence-corrected chi connectivity index (χ0v) is 8.83. The smallest absolute Gasteiger partial charge is 0.141 e. The summed E-state index contributed by atoms with van der Waals surface area (Å²) in [5.41, 5.74) is 2.45. The predicted octanol–water partition coefficient (Wildman–Crippen LogP) is 3.07. The molecule has 1 aromatic carbocycles. The van der Waals surface area contributed by atoms with Gasteiger partial charge in [0.15, 0.2) is 0 Å². The molecule has 2 aromatic rings. The molecule has 0 fully saturated rings. The Kier molecular flexibility index (Phi) is 2.10. The van der Waals surface area contributed by atoms with E-state index in [1.165, 1.54) is 23.2 Å². The Bertz CT molecular complexity index is 453. The number of pyridine rings is 1. The van der Waals surface area contributed by atoms with Gasteiger partial charge in [-0.3, -0.25) is 0 Å². The Morgan fingerprint density at radius 3 is 2.93 bits per heavy atom. The highest BCUT2D eigenvalue weighted by molar-refractivity contribution is 7.95. The van der Waals surface area contributed by atoms with Crippen LogP contribution in [-0.2, 0) is 6.42 Å². The van der Waals surface area contributed by atoms with Crippen LogP contribution in [0.1, 0.15) is 11.1 Å². The number of fused-ring (bicyclic) bond motifs is 2. The van der Waals surface area contributed by atoms with Crippen molar-refractivity contribution in [3.05, 3.63) is 53.7 Å². The maximum Gasteiger partial charge on any atom is 0.141 e. The summed E-state index contributed by atoms with van der Waals surface area (Å²) in [4.78, 5) is 4.30. The lowest BCUT2D eigenvalue weighted by molar-refractivity contribution is 0.640. The van der Waals surface area contributed by atoms with Gasteiger partial charge in [0.1, 0.15) is 22.8 Å². The van der Waals surface area contributed by atoms with Crippen molar-refractivity contribution in [3.63, 3.8) is 0 Å². The fraction of sp³-hybridized carbons (Fsp3) is 0.0833. The number of hydrogen-bond donors (Lipinski definition) is 0. The van der Waals surface area contributed by atoms with Gasteiger partial charge in [-0.1, -0.05) is 24.3 Å². The van der Waals surface area contributed by atoms with Crippen molar-refractivity contribution in [2.24, 2.45) is 0 Å². The van der Waals surface area contributed by atoms with Crippen LogP contribution in [0.3, 0.4) is 0 Å². The van der Waals surface area contributed by atoms with Gasteiger partial charge in [-0.05, 0) is 17.7 Å². The summed E-state index contributed by atoms with van der Waals surface area (Å²) >= 11 is 1.34. The second kappa shape index (κ2) is 3.59. The number of aromatic nitrogens is 1. The van der Waals surface area contributed by atoms with Crippen molar-refractivity contribution in [2.45, 2.75) is 11.4 Å². The van der Waals surface area contributed by atoms with Crippen molar-refractivity contribution in [2.75, 3.05) is 0 Å². The van der Waals surface area contributed by atoms with E-state index in [-0.39, 0.29) is 0 Å². The van der Waals surface area contributed by atoms with E-state index in [0.29, 0.717) is 0 Å². The SMILES string of the molecule is c1ccc2c(c1)Cc1cccnc1SO2. The van der Waals surface area contributed by atoms with Gasteiger partial charge in [0.25, 0.3) is 0 Å². The van der Waals surface area contributed by atoms with E-state index in [2.05, 4.69) is 17.1 Å². The summed E-state index contributed by atoms with van der Waals surface area (Å²) in [6.07, 6.45) is 2.69. The molecule has 3 rings (SSSR count). The van der Waals surface area contributed by atoms with Crippen LogP contribution in [0.5, 0.6) is 5.75 Å². The lowest BCUT2D eigenvalue weighted by atomic mass is 10.1. The molecule has 2 nitrogen and oxygen atoms in total. The molecule has 15 heavy (non-hydrogen) atoms. The molecule has 0 unspecified atom stereocenters. The lowest BCUT2D eigenvalue weighted by Gasteiger charge is -2.02. The summed E-state index contributed by atoms with van der Waals surface area (Å²) in [5, 5.41) is 0.966. The molecular weight excluding hydrogens is 206 g/mol. The highest BCUT2D eigenvalue weighted by atomic mass is 32.2. The first-order valence-electron chi connectivity index (χ1n) is 4.80. The Balaban J connectivity index is 2.10. The van der Waals surface area contributed by atoms with Gasteiger partial charge in [-0.2, -0.15) is 0 Å². The first-order valence-corrected chi connectivity index (χ1v) is 5.54. The number of hydrogen-bond acceptors (Lipinski definition) is 3. The van der Waals surface area contributed by atoms with Gasteiger partial charge in [0.05, 0.1) is 0 Å². The molecule has 0 spiro atoms. The molecule has 0 saturated heterocycles. The van der Waals surface area contributed by atoms with Crippen LogP contribution in [0.2, 0.25) is 0 Å². The molecule has 74 valence electrons. The number of para-hydroxylation sites is 1. The second-order valence-electron chi connectivity index (χ2n) is 3.42. The largest absolute Gasteiger partial charge is 0.419 e. The van der Waals surface area contributed by atoms with Crippen molar-refractivity contribution in [1.29, 1.82) is 0 Å². The van der Waals surface area contributed by atoms with E-state index in [9.17, 15) is 0 Å². The molecule has 1 aliphatic heterocycles. The van der Waals surface area contributed by atoms with Crippen molar-refractivity contribution < 1.29 is 4.18 Å². The summed E-state index contributed by atoms with van der Waals surface area (Å²) in [6.45, 7) is 0. The van der Waals surface area contributed by atoms with E-state index in [1.54, 1.807) is 6.20 Å². The number of rotatable bonds is 0. The van der Waals surface area contributed by atoms with E-state index in [0.717, 1.165) is 17.2 Å². The summed E-state index contributed by atoms with van der Waals surface area (Å²) in [7, 11) is 0. The van der Waals surface area contributed by atoms with Crippen LogP contribution in [0, 0.1) is 0 Å². The Hall–Kier alpha value is -1.48. The monoisotopic (exact) mass is 215 g/mol. The summed E-state index contributed by atoms with van der Waals surface area (Å²) < 4.78 is 5.63. The summed E-state index contributed by atoms with van der Waals surface area (Å²) in [6, 6.07) is 12.2. The zero-order chi connectivity index (χ0) is 10.1. The average Bonchev–Trinajstić information content (AvgIpc) is 2.48. The fourth-order valence-electron chi connectivity index (χ4n) is 1.65. The van der Waals surface area contributed by atoms with Gasteiger partial charge in [0, 0.05) is 18.2 Å². The molecule has 1 aliphatic rings. The second-order valence-corrected chi connectivity index (χ2v) is 4.14. The van der Waals surface area contributed by atoms with Crippen LogP contribution >= 0.6 is 12.0 Å². The number of nitrogens with zero attached hydrogens (tertiary/aromatic N) is 1. The molecule has 0 bridgehead atoms. The zero-order valence-electron chi connectivity index (χ0n) is 8.01. The van der Waals surface area contributed by atoms with Gasteiger partial charge < -0.3 is 4.18 Å². The Morgan fingerprint density at radius 2 is 1.93 bits per heavy atom. The highest BCUT2D eigenvalue weighted by Crippen LogP contribution is 2.33. The predicted molar refractivity (Wildman–Crippen MR) is 60.0 cm³/mol. The van der Waals surface area contributed by atoms with Crippen LogP contribution in [0.4, 0.5) is 0 Å². The van der Waals surface area contributed by atoms with Crippen LogP contribution in [-0.4, -0.2) is 4.98 Å². The molecular formula is C12H9NOS. The van der Waals surface area contributed by atoms with Crippen molar-refractivity contribution in [3.8, 4) is 5.75 Å². The standard InChI is InChI=1S/C12H9NOS/c1-2-6-11-9(4-1)8-10-5-3-7-13-12(10)15-14-11/h1-7H,8H2. The fourth-order valence-corrected chi connectivity index (χ4v) is 2.34. The quantitative estimate of drug-likeness (QED) is 0.630. The average molecular weight is 215 g/mol. The molecule has 0 N–H and O–H groups in total. The molecule has 2 heterocycles. The maximum atomic E-state index is 5.63. The van der Waals surface area contributed by atoms with Crippen LogP contribution in [0.15, 0.2) is 47.6 Å².